The normalized spacial score (nSPS) is 44.4. The molecule has 4 aliphatic carbocycles. The summed E-state index contributed by atoms with van der Waals surface area (Å²) >= 11 is 0. The Kier molecular flexibility index (Phi) is 5.90. The summed E-state index contributed by atoms with van der Waals surface area (Å²) in [5.41, 5.74) is 0. The summed E-state index contributed by atoms with van der Waals surface area (Å²) < 4.78 is 0. The van der Waals surface area contributed by atoms with Crippen molar-refractivity contribution in [1.82, 2.24) is 0 Å². The highest BCUT2D eigenvalue weighted by molar-refractivity contribution is 4.96. The highest BCUT2D eigenvalue weighted by atomic mass is 14.5. The molecule has 0 heteroatoms. The minimum Gasteiger partial charge on any atom is -0.0625 e. The molecule has 4 atom stereocenters. The van der Waals surface area contributed by atoms with Crippen molar-refractivity contribution >= 4 is 0 Å². The van der Waals surface area contributed by atoms with E-state index in [0.29, 0.717) is 0 Å². The Morgan fingerprint density at radius 2 is 1.29 bits per heavy atom. The third kappa shape index (κ3) is 3.88. The molecule has 4 aliphatic rings. The van der Waals surface area contributed by atoms with Crippen molar-refractivity contribution < 1.29 is 0 Å². The lowest BCUT2D eigenvalue weighted by molar-refractivity contribution is 0.137. The second-order valence-corrected chi connectivity index (χ2v) is 10.4. The lowest BCUT2D eigenvalue weighted by Gasteiger charge is -2.36. The first-order chi connectivity index (χ1) is 11.8. The van der Waals surface area contributed by atoms with Gasteiger partial charge in [-0.25, -0.2) is 0 Å². The van der Waals surface area contributed by atoms with Gasteiger partial charge in [0.25, 0.3) is 0 Å². The molecule has 4 saturated carbocycles. The summed E-state index contributed by atoms with van der Waals surface area (Å²) in [5.74, 6) is 7.79. The molecule has 0 spiro atoms. The zero-order valence-corrected chi connectivity index (χ0v) is 16.4. The van der Waals surface area contributed by atoms with Gasteiger partial charge in [-0.15, -0.1) is 0 Å². The van der Waals surface area contributed by atoms with Gasteiger partial charge in [0, 0.05) is 0 Å². The van der Waals surface area contributed by atoms with E-state index in [1.165, 1.54) is 32.1 Å². The summed E-state index contributed by atoms with van der Waals surface area (Å²) in [7, 11) is 0. The van der Waals surface area contributed by atoms with E-state index >= 15 is 0 Å². The van der Waals surface area contributed by atoms with Crippen molar-refractivity contribution in [3.05, 3.63) is 0 Å². The Hall–Kier alpha value is 0. The molecule has 0 amide bonds. The maximum absolute atomic E-state index is 2.49. The van der Waals surface area contributed by atoms with E-state index in [0.717, 1.165) is 41.4 Å². The number of hydrogen-bond acceptors (Lipinski definition) is 0. The predicted molar refractivity (Wildman–Crippen MR) is 104 cm³/mol. The van der Waals surface area contributed by atoms with Crippen LogP contribution in [0.4, 0.5) is 0 Å². The summed E-state index contributed by atoms with van der Waals surface area (Å²) in [5, 5.41) is 0. The molecule has 0 aromatic rings. The van der Waals surface area contributed by atoms with Crippen LogP contribution in [0.15, 0.2) is 0 Å². The fourth-order valence-corrected chi connectivity index (χ4v) is 7.52. The average Bonchev–Trinajstić information content (AvgIpc) is 3.00. The van der Waals surface area contributed by atoms with Gasteiger partial charge in [0.2, 0.25) is 0 Å². The average molecular weight is 331 g/mol. The smallest absolute Gasteiger partial charge is 0.0352 e. The molecular formula is C24H42. The topological polar surface area (TPSA) is 0 Å². The Morgan fingerprint density at radius 3 is 2.08 bits per heavy atom. The molecular weight excluding hydrogens is 288 g/mol. The second kappa shape index (κ2) is 8.13. The number of fused-ring (bicyclic) bond motifs is 1. The highest BCUT2D eigenvalue weighted by Crippen LogP contribution is 2.55. The van der Waals surface area contributed by atoms with Gasteiger partial charge in [0.05, 0.1) is 0 Å². The molecule has 0 radical (unpaired) electrons. The van der Waals surface area contributed by atoms with Crippen LogP contribution >= 0.6 is 0 Å². The molecule has 0 aliphatic heterocycles. The molecule has 24 heavy (non-hydrogen) atoms. The van der Waals surface area contributed by atoms with Gasteiger partial charge in [-0.1, -0.05) is 77.6 Å². The molecule has 0 heterocycles. The maximum Gasteiger partial charge on any atom is -0.0352 e. The predicted octanol–water partition coefficient (Wildman–Crippen LogP) is 7.62. The quantitative estimate of drug-likeness (QED) is 0.497. The minimum atomic E-state index is 1.02. The van der Waals surface area contributed by atoms with E-state index in [4.69, 9.17) is 0 Å². The molecule has 138 valence electrons. The molecule has 0 aromatic carbocycles. The van der Waals surface area contributed by atoms with Crippen LogP contribution in [0.25, 0.3) is 0 Å². The first-order valence-electron chi connectivity index (χ1n) is 11.8. The first kappa shape index (κ1) is 17.4. The molecule has 4 rings (SSSR count). The van der Waals surface area contributed by atoms with Crippen LogP contribution in [-0.2, 0) is 0 Å². The van der Waals surface area contributed by atoms with Crippen molar-refractivity contribution in [3.63, 3.8) is 0 Å². The Morgan fingerprint density at radius 1 is 0.583 bits per heavy atom. The third-order valence-electron chi connectivity index (χ3n) is 8.94. The van der Waals surface area contributed by atoms with E-state index in [1.54, 1.807) is 70.6 Å². The molecule has 0 saturated heterocycles. The fourth-order valence-electron chi connectivity index (χ4n) is 7.52. The van der Waals surface area contributed by atoms with Gasteiger partial charge in [-0.2, -0.15) is 0 Å². The summed E-state index contributed by atoms with van der Waals surface area (Å²) in [6, 6.07) is 0. The molecule has 0 bridgehead atoms. The van der Waals surface area contributed by atoms with Crippen molar-refractivity contribution in [3.8, 4) is 0 Å². The van der Waals surface area contributed by atoms with E-state index in [1.807, 2.05) is 0 Å². The number of rotatable bonds is 4. The standard InChI is InChI=1S/C24H42/c1-18-11-14-20(15-12-18)24-17-21-9-5-6-10-22(21)23(24)16-13-19-7-3-2-4-8-19/h18-24H,2-17H2,1H3. The van der Waals surface area contributed by atoms with Crippen LogP contribution in [0.3, 0.4) is 0 Å². The van der Waals surface area contributed by atoms with E-state index in [-0.39, 0.29) is 0 Å². The zero-order chi connectivity index (χ0) is 16.4. The van der Waals surface area contributed by atoms with Gasteiger partial charge in [0.15, 0.2) is 0 Å². The Labute approximate surface area is 151 Å². The molecule has 0 nitrogen and oxygen atoms in total. The van der Waals surface area contributed by atoms with Crippen LogP contribution < -0.4 is 0 Å². The van der Waals surface area contributed by atoms with Crippen molar-refractivity contribution in [2.75, 3.05) is 0 Å². The largest absolute Gasteiger partial charge is 0.0625 e. The van der Waals surface area contributed by atoms with E-state index in [2.05, 4.69) is 6.92 Å². The first-order valence-corrected chi connectivity index (χ1v) is 11.8. The Bertz CT molecular complexity index is 371. The summed E-state index contributed by atoms with van der Waals surface area (Å²) in [6.07, 6.45) is 25.1. The van der Waals surface area contributed by atoms with Gasteiger partial charge < -0.3 is 0 Å². The van der Waals surface area contributed by atoms with Crippen LogP contribution in [-0.4, -0.2) is 0 Å². The molecule has 0 N–H and O–H groups in total. The van der Waals surface area contributed by atoms with Gasteiger partial charge in [-0.05, 0) is 73.5 Å². The second-order valence-electron chi connectivity index (χ2n) is 10.4. The van der Waals surface area contributed by atoms with Gasteiger partial charge >= 0.3 is 0 Å². The molecule has 0 aromatic heterocycles. The van der Waals surface area contributed by atoms with Crippen molar-refractivity contribution in [2.24, 2.45) is 41.4 Å². The van der Waals surface area contributed by atoms with Crippen molar-refractivity contribution in [2.45, 2.75) is 110 Å². The number of hydrogen-bond donors (Lipinski definition) is 0. The summed E-state index contributed by atoms with van der Waals surface area (Å²) in [6.45, 7) is 2.49. The maximum atomic E-state index is 2.49. The van der Waals surface area contributed by atoms with Gasteiger partial charge in [0.1, 0.15) is 0 Å². The van der Waals surface area contributed by atoms with Gasteiger partial charge in [-0.3, -0.25) is 0 Å². The SMILES string of the molecule is CC1CCC(C2CC3CCCCC3C2CCC2CCCCC2)CC1. The lowest BCUT2D eigenvalue weighted by Crippen LogP contribution is -2.27. The fraction of sp³-hybridized carbons (Fsp3) is 1.00. The van der Waals surface area contributed by atoms with E-state index in [9.17, 15) is 0 Å². The van der Waals surface area contributed by atoms with Crippen LogP contribution in [0.1, 0.15) is 110 Å². The third-order valence-corrected chi connectivity index (χ3v) is 8.94. The minimum absolute atomic E-state index is 1.02. The molecule has 4 fully saturated rings. The zero-order valence-electron chi connectivity index (χ0n) is 16.4. The van der Waals surface area contributed by atoms with Crippen LogP contribution in [0.5, 0.6) is 0 Å². The summed E-state index contributed by atoms with van der Waals surface area (Å²) in [4.78, 5) is 0. The van der Waals surface area contributed by atoms with Crippen LogP contribution in [0.2, 0.25) is 0 Å². The van der Waals surface area contributed by atoms with Crippen LogP contribution in [0, 0.1) is 41.4 Å². The van der Waals surface area contributed by atoms with E-state index < -0.39 is 0 Å². The lowest BCUT2D eigenvalue weighted by atomic mass is 9.69. The van der Waals surface area contributed by atoms with Crippen molar-refractivity contribution in [1.29, 1.82) is 0 Å². The molecule has 4 unspecified atom stereocenters. The highest BCUT2D eigenvalue weighted by Gasteiger charge is 2.46. The Balaban J connectivity index is 1.40. The monoisotopic (exact) mass is 330 g/mol.